The lowest BCUT2D eigenvalue weighted by Crippen LogP contribution is -2.47. The van der Waals surface area contributed by atoms with Crippen LogP contribution >= 0.6 is 0 Å². The Morgan fingerprint density at radius 1 is 1.62 bits per heavy atom. The largest absolute Gasteiger partial charge is 0.368 e. The number of hydrogen-bond acceptors (Lipinski definition) is 3. The normalized spacial score (nSPS) is 22.6. The van der Waals surface area contributed by atoms with Gasteiger partial charge in [0.15, 0.2) is 0 Å². The first kappa shape index (κ1) is 5.53. The molecule has 0 aromatic carbocycles. The second-order valence-corrected chi connectivity index (χ2v) is 2.09. The highest BCUT2D eigenvalue weighted by Crippen LogP contribution is 2.33. The van der Waals surface area contributed by atoms with E-state index in [0.29, 0.717) is 0 Å². The van der Waals surface area contributed by atoms with Crippen molar-refractivity contribution >= 4 is 5.91 Å². The Morgan fingerprint density at radius 3 is 2.12 bits per heavy atom. The van der Waals surface area contributed by atoms with Gasteiger partial charge in [0.1, 0.15) is 5.54 Å². The van der Waals surface area contributed by atoms with Gasteiger partial charge in [-0.3, -0.25) is 10.6 Å². The van der Waals surface area contributed by atoms with E-state index in [1.54, 1.807) is 0 Å². The summed E-state index contributed by atoms with van der Waals surface area (Å²) in [5.41, 5.74) is 6.80. The van der Waals surface area contributed by atoms with Crippen LogP contribution < -0.4 is 17.0 Å². The van der Waals surface area contributed by atoms with Crippen LogP contribution in [0.25, 0.3) is 0 Å². The van der Waals surface area contributed by atoms with E-state index < -0.39 is 5.54 Å². The van der Waals surface area contributed by atoms with Gasteiger partial charge in [0.05, 0.1) is 0 Å². The molecule has 0 unspecified atom stereocenters. The first-order chi connectivity index (χ1) is 3.71. The maximum Gasteiger partial charge on any atom is 0.239 e. The molecule has 0 saturated heterocycles. The lowest BCUT2D eigenvalue weighted by atomic mass is 10.3. The Hall–Kier alpha value is -0.610. The van der Waals surface area contributed by atoms with Gasteiger partial charge in [0.2, 0.25) is 5.91 Å². The van der Waals surface area contributed by atoms with Crippen molar-refractivity contribution in [1.82, 2.24) is 5.43 Å². The molecule has 0 aromatic heterocycles. The minimum Gasteiger partial charge on any atom is -0.368 e. The Balaban J connectivity index is 2.53. The Morgan fingerprint density at radius 2 is 2.12 bits per heavy atom. The minimum atomic E-state index is -0.542. The van der Waals surface area contributed by atoms with Gasteiger partial charge < -0.3 is 5.73 Å². The fraction of sp³-hybridized carbons (Fsp3) is 0.750. The summed E-state index contributed by atoms with van der Waals surface area (Å²) < 4.78 is 0. The molecule has 8 heavy (non-hydrogen) atoms. The molecular formula is C4H9N3O. The SMILES string of the molecule is NNC1(C(N)=O)CC1. The fourth-order valence-electron chi connectivity index (χ4n) is 0.587. The molecule has 0 bridgehead atoms. The van der Waals surface area contributed by atoms with Crippen LogP contribution in [0.2, 0.25) is 0 Å². The summed E-state index contributed by atoms with van der Waals surface area (Å²) in [5.74, 6) is 4.67. The molecule has 0 radical (unpaired) electrons. The monoisotopic (exact) mass is 115 g/mol. The molecule has 0 aliphatic heterocycles. The van der Waals surface area contributed by atoms with Gasteiger partial charge in [-0.15, -0.1) is 0 Å². The zero-order valence-corrected chi connectivity index (χ0v) is 4.48. The molecule has 1 aliphatic carbocycles. The Bertz CT molecular complexity index is 118. The third kappa shape index (κ3) is 0.579. The molecule has 0 heterocycles. The Labute approximate surface area is 47.2 Å². The van der Waals surface area contributed by atoms with Gasteiger partial charge in [0, 0.05) is 0 Å². The summed E-state index contributed by atoms with van der Waals surface area (Å²) in [6, 6.07) is 0. The molecule has 5 N–H and O–H groups in total. The predicted octanol–water partition coefficient (Wildman–Crippen LogP) is -1.53. The number of primary amides is 1. The molecule has 1 saturated carbocycles. The van der Waals surface area contributed by atoms with Crippen molar-refractivity contribution in [3.05, 3.63) is 0 Å². The van der Waals surface area contributed by atoms with Crippen LogP contribution in [0.1, 0.15) is 12.8 Å². The van der Waals surface area contributed by atoms with E-state index in [4.69, 9.17) is 11.6 Å². The predicted molar refractivity (Wildman–Crippen MR) is 28.5 cm³/mol. The van der Waals surface area contributed by atoms with Gasteiger partial charge in [-0.25, -0.2) is 5.43 Å². The second-order valence-electron chi connectivity index (χ2n) is 2.09. The summed E-state index contributed by atoms with van der Waals surface area (Å²) in [5, 5.41) is 0. The molecule has 46 valence electrons. The van der Waals surface area contributed by atoms with Crippen molar-refractivity contribution < 1.29 is 4.79 Å². The van der Waals surface area contributed by atoms with Gasteiger partial charge in [-0.2, -0.15) is 0 Å². The lowest BCUT2D eigenvalue weighted by molar-refractivity contribution is -0.121. The first-order valence-electron chi connectivity index (χ1n) is 2.49. The molecular weight excluding hydrogens is 106 g/mol. The second kappa shape index (κ2) is 1.43. The fourth-order valence-corrected chi connectivity index (χ4v) is 0.587. The van der Waals surface area contributed by atoms with Crippen molar-refractivity contribution in [3.8, 4) is 0 Å². The van der Waals surface area contributed by atoms with E-state index in [1.165, 1.54) is 0 Å². The van der Waals surface area contributed by atoms with Gasteiger partial charge >= 0.3 is 0 Å². The summed E-state index contributed by atoms with van der Waals surface area (Å²) in [7, 11) is 0. The van der Waals surface area contributed by atoms with E-state index in [2.05, 4.69) is 5.43 Å². The molecule has 1 amide bonds. The van der Waals surface area contributed by atoms with Crippen LogP contribution in [0, 0.1) is 0 Å². The van der Waals surface area contributed by atoms with Crippen LogP contribution in [0.4, 0.5) is 0 Å². The maximum atomic E-state index is 10.4. The molecule has 1 aliphatic rings. The lowest BCUT2D eigenvalue weighted by Gasteiger charge is -2.05. The number of hydrogen-bond donors (Lipinski definition) is 3. The van der Waals surface area contributed by atoms with Gasteiger partial charge in [-0.1, -0.05) is 0 Å². The first-order valence-corrected chi connectivity index (χ1v) is 2.49. The highest BCUT2D eigenvalue weighted by Gasteiger charge is 2.47. The van der Waals surface area contributed by atoms with Gasteiger partial charge in [-0.05, 0) is 12.8 Å². The van der Waals surface area contributed by atoms with Crippen LogP contribution in [-0.4, -0.2) is 11.4 Å². The van der Waals surface area contributed by atoms with Crippen molar-refractivity contribution in [2.24, 2.45) is 11.6 Å². The van der Waals surface area contributed by atoms with E-state index in [1.807, 2.05) is 0 Å². The molecule has 0 aromatic rings. The molecule has 4 heteroatoms. The van der Waals surface area contributed by atoms with E-state index in [9.17, 15) is 4.79 Å². The average Bonchev–Trinajstić information content (AvgIpc) is 2.44. The number of hydrazine groups is 1. The van der Waals surface area contributed by atoms with Crippen LogP contribution in [-0.2, 0) is 4.79 Å². The van der Waals surface area contributed by atoms with Crippen LogP contribution in [0.5, 0.6) is 0 Å². The smallest absolute Gasteiger partial charge is 0.239 e. The molecule has 1 rings (SSSR count). The summed E-state index contributed by atoms with van der Waals surface area (Å²) in [4.78, 5) is 10.4. The highest BCUT2D eigenvalue weighted by atomic mass is 16.1. The third-order valence-electron chi connectivity index (χ3n) is 1.50. The van der Waals surface area contributed by atoms with Gasteiger partial charge in [0.25, 0.3) is 0 Å². The van der Waals surface area contributed by atoms with E-state index in [-0.39, 0.29) is 5.91 Å². The standard InChI is InChI=1S/C4H9N3O/c5-3(8)4(7-6)1-2-4/h7H,1-2,6H2,(H2,5,8). The zero-order chi connectivity index (χ0) is 6.20. The zero-order valence-electron chi connectivity index (χ0n) is 4.48. The van der Waals surface area contributed by atoms with Crippen molar-refractivity contribution in [1.29, 1.82) is 0 Å². The van der Waals surface area contributed by atoms with Crippen molar-refractivity contribution in [3.63, 3.8) is 0 Å². The topological polar surface area (TPSA) is 81.1 Å². The van der Waals surface area contributed by atoms with Crippen molar-refractivity contribution in [2.45, 2.75) is 18.4 Å². The number of amides is 1. The quantitative estimate of drug-likeness (QED) is 0.301. The Kier molecular flexibility index (Phi) is 0.988. The molecule has 4 nitrogen and oxygen atoms in total. The van der Waals surface area contributed by atoms with Crippen molar-refractivity contribution in [2.75, 3.05) is 0 Å². The maximum absolute atomic E-state index is 10.4. The highest BCUT2D eigenvalue weighted by molar-refractivity contribution is 5.87. The number of carbonyl (C=O) groups excluding carboxylic acids is 1. The number of carbonyl (C=O) groups is 1. The summed E-state index contributed by atoms with van der Waals surface area (Å²) >= 11 is 0. The molecule has 0 atom stereocenters. The third-order valence-corrected chi connectivity index (χ3v) is 1.50. The van der Waals surface area contributed by atoms with E-state index in [0.717, 1.165) is 12.8 Å². The number of nitrogens with two attached hydrogens (primary N) is 2. The average molecular weight is 115 g/mol. The molecule has 0 spiro atoms. The summed E-state index contributed by atoms with van der Waals surface area (Å²) in [6.07, 6.45) is 1.55. The minimum absolute atomic E-state index is 0.347. The molecule has 1 fully saturated rings. The number of nitrogens with one attached hydrogen (secondary N) is 1. The van der Waals surface area contributed by atoms with Crippen LogP contribution in [0.3, 0.4) is 0 Å². The van der Waals surface area contributed by atoms with E-state index >= 15 is 0 Å². The summed E-state index contributed by atoms with van der Waals surface area (Å²) in [6.45, 7) is 0. The van der Waals surface area contributed by atoms with Crippen LogP contribution in [0.15, 0.2) is 0 Å². The number of rotatable bonds is 2.